The summed E-state index contributed by atoms with van der Waals surface area (Å²) in [5, 5.41) is 7.24. The summed E-state index contributed by atoms with van der Waals surface area (Å²) in [6, 6.07) is 6.65. The van der Waals surface area contributed by atoms with E-state index in [4.69, 9.17) is 11.1 Å². The fraction of sp³-hybridized carbons (Fsp3) is 0.364. The maximum Gasteiger partial charge on any atom is 0.401 e. The minimum absolute atomic E-state index is 0.0923. The summed E-state index contributed by atoms with van der Waals surface area (Å²) < 4.78 is 36.4. The van der Waals surface area contributed by atoms with Gasteiger partial charge in [0.05, 0.1) is 6.54 Å². The molecule has 1 aromatic carbocycles. The zero-order valence-electron chi connectivity index (χ0n) is 9.38. The minimum atomic E-state index is -4.20. The summed E-state index contributed by atoms with van der Waals surface area (Å²) in [5.74, 6) is -0.0923. The van der Waals surface area contributed by atoms with Gasteiger partial charge in [-0.15, -0.1) is 0 Å². The molecule has 0 saturated carbocycles. The molecule has 6 heteroatoms. The lowest BCUT2D eigenvalue weighted by Crippen LogP contribution is -2.30. The molecule has 3 N–H and O–H groups in total. The van der Waals surface area contributed by atoms with Crippen LogP contribution in [0.25, 0.3) is 0 Å². The summed E-state index contributed by atoms with van der Waals surface area (Å²) in [6.45, 7) is -0.794. The summed E-state index contributed by atoms with van der Waals surface area (Å²) >= 11 is 0. The Morgan fingerprint density at radius 2 is 2.06 bits per heavy atom. The van der Waals surface area contributed by atoms with Crippen LogP contribution in [0.5, 0.6) is 0 Å². The van der Waals surface area contributed by atoms with Crippen LogP contribution in [-0.2, 0) is 6.54 Å². The molecule has 0 unspecified atom stereocenters. The summed E-state index contributed by atoms with van der Waals surface area (Å²) in [5.41, 5.74) is 6.52. The Balaban J connectivity index is 2.68. The molecule has 0 spiro atoms. The highest BCUT2D eigenvalue weighted by Gasteiger charge is 2.28. The number of nitrogens with zero attached hydrogens (tertiary/aromatic N) is 1. The SMILES string of the molecule is CN(Cc1cccc(C(=N)N)c1)CC(F)(F)F. The number of rotatable bonds is 4. The molecule has 0 fully saturated rings. The van der Waals surface area contributed by atoms with Gasteiger partial charge in [-0.2, -0.15) is 13.2 Å². The van der Waals surface area contributed by atoms with Crippen LogP contribution in [0.2, 0.25) is 0 Å². The van der Waals surface area contributed by atoms with Crippen LogP contribution in [0.1, 0.15) is 11.1 Å². The largest absolute Gasteiger partial charge is 0.401 e. The molecule has 1 aromatic rings. The Labute approximate surface area is 97.5 Å². The van der Waals surface area contributed by atoms with E-state index in [2.05, 4.69) is 0 Å². The maximum absolute atomic E-state index is 12.1. The number of nitrogen functional groups attached to an aromatic ring is 1. The van der Waals surface area contributed by atoms with E-state index in [0.29, 0.717) is 11.1 Å². The molecule has 0 amide bonds. The standard InChI is InChI=1S/C11H14F3N3/c1-17(7-11(12,13)14)6-8-3-2-4-9(5-8)10(15)16/h2-5H,6-7H2,1H3,(H3,15,16). The number of alkyl halides is 3. The van der Waals surface area contributed by atoms with Crippen molar-refractivity contribution in [1.82, 2.24) is 4.90 Å². The summed E-state index contributed by atoms with van der Waals surface area (Å²) in [4.78, 5) is 1.17. The minimum Gasteiger partial charge on any atom is -0.384 e. The first-order valence-corrected chi connectivity index (χ1v) is 4.96. The number of nitrogens with one attached hydrogen (secondary N) is 1. The molecular formula is C11H14F3N3. The fourth-order valence-electron chi connectivity index (χ4n) is 1.51. The molecule has 0 radical (unpaired) electrons. The van der Waals surface area contributed by atoms with Crippen molar-refractivity contribution in [3.05, 3.63) is 35.4 Å². The Hall–Kier alpha value is -1.56. The molecule has 0 aromatic heterocycles. The number of halogens is 3. The van der Waals surface area contributed by atoms with Crippen molar-refractivity contribution in [2.75, 3.05) is 13.6 Å². The van der Waals surface area contributed by atoms with Crippen molar-refractivity contribution < 1.29 is 13.2 Å². The smallest absolute Gasteiger partial charge is 0.384 e. The third-order valence-corrected chi connectivity index (χ3v) is 2.14. The lowest BCUT2D eigenvalue weighted by atomic mass is 10.1. The van der Waals surface area contributed by atoms with Gasteiger partial charge in [-0.25, -0.2) is 0 Å². The molecule has 0 aliphatic heterocycles. The topological polar surface area (TPSA) is 53.1 Å². The molecule has 0 aliphatic rings. The van der Waals surface area contributed by atoms with Crippen molar-refractivity contribution >= 4 is 5.84 Å². The van der Waals surface area contributed by atoms with E-state index in [1.54, 1.807) is 24.3 Å². The molecule has 0 saturated heterocycles. The number of amidine groups is 1. The highest BCUT2D eigenvalue weighted by molar-refractivity contribution is 5.95. The van der Waals surface area contributed by atoms with Crippen LogP contribution in [0.15, 0.2) is 24.3 Å². The van der Waals surface area contributed by atoms with Crippen molar-refractivity contribution in [2.24, 2.45) is 5.73 Å². The van der Waals surface area contributed by atoms with Gasteiger partial charge in [0.2, 0.25) is 0 Å². The summed E-state index contributed by atoms with van der Waals surface area (Å²) in [7, 11) is 1.40. The van der Waals surface area contributed by atoms with Gasteiger partial charge in [0.1, 0.15) is 5.84 Å². The predicted molar refractivity (Wildman–Crippen MR) is 59.8 cm³/mol. The van der Waals surface area contributed by atoms with E-state index in [-0.39, 0.29) is 12.4 Å². The Bertz CT molecular complexity index is 401. The van der Waals surface area contributed by atoms with Crippen molar-refractivity contribution in [3.8, 4) is 0 Å². The number of hydrogen-bond acceptors (Lipinski definition) is 2. The average molecular weight is 245 g/mol. The molecule has 94 valence electrons. The van der Waals surface area contributed by atoms with Gasteiger partial charge in [-0.05, 0) is 18.7 Å². The third kappa shape index (κ3) is 4.86. The molecule has 0 heterocycles. The van der Waals surface area contributed by atoms with Gasteiger partial charge in [-0.3, -0.25) is 10.3 Å². The second-order valence-corrected chi connectivity index (χ2v) is 3.90. The van der Waals surface area contributed by atoms with Crippen LogP contribution < -0.4 is 5.73 Å². The quantitative estimate of drug-likeness (QED) is 0.629. The molecule has 3 nitrogen and oxygen atoms in total. The zero-order chi connectivity index (χ0) is 13.1. The van der Waals surface area contributed by atoms with Crippen molar-refractivity contribution in [2.45, 2.75) is 12.7 Å². The first kappa shape index (κ1) is 13.5. The van der Waals surface area contributed by atoms with Gasteiger partial charge in [0.25, 0.3) is 0 Å². The van der Waals surface area contributed by atoms with Crippen LogP contribution >= 0.6 is 0 Å². The Morgan fingerprint density at radius 1 is 1.41 bits per heavy atom. The highest BCUT2D eigenvalue weighted by Crippen LogP contribution is 2.17. The Morgan fingerprint density at radius 3 is 2.59 bits per heavy atom. The molecule has 17 heavy (non-hydrogen) atoms. The second kappa shape index (κ2) is 5.18. The van der Waals surface area contributed by atoms with Crippen LogP contribution in [0.4, 0.5) is 13.2 Å². The summed E-state index contributed by atoms with van der Waals surface area (Å²) in [6.07, 6.45) is -4.20. The molecular weight excluding hydrogens is 231 g/mol. The molecule has 0 bridgehead atoms. The Kier molecular flexibility index (Phi) is 4.11. The van der Waals surface area contributed by atoms with Gasteiger partial charge in [-0.1, -0.05) is 18.2 Å². The van der Waals surface area contributed by atoms with E-state index in [1.165, 1.54) is 11.9 Å². The zero-order valence-corrected chi connectivity index (χ0v) is 9.38. The van der Waals surface area contributed by atoms with E-state index < -0.39 is 12.7 Å². The highest BCUT2D eigenvalue weighted by atomic mass is 19.4. The average Bonchev–Trinajstić information content (AvgIpc) is 2.14. The van der Waals surface area contributed by atoms with Crippen molar-refractivity contribution in [1.29, 1.82) is 5.41 Å². The van der Waals surface area contributed by atoms with Gasteiger partial charge < -0.3 is 5.73 Å². The fourth-order valence-corrected chi connectivity index (χ4v) is 1.51. The van der Waals surface area contributed by atoms with Crippen LogP contribution in [0, 0.1) is 5.41 Å². The van der Waals surface area contributed by atoms with E-state index in [9.17, 15) is 13.2 Å². The normalized spacial score (nSPS) is 11.8. The van der Waals surface area contributed by atoms with E-state index in [1.807, 2.05) is 0 Å². The van der Waals surface area contributed by atoms with Crippen LogP contribution in [-0.4, -0.2) is 30.5 Å². The number of hydrogen-bond donors (Lipinski definition) is 2. The van der Waals surface area contributed by atoms with Gasteiger partial charge in [0.15, 0.2) is 0 Å². The molecule has 0 aliphatic carbocycles. The van der Waals surface area contributed by atoms with Gasteiger partial charge >= 0.3 is 6.18 Å². The van der Waals surface area contributed by atoms with Gasteiger partial charge in [0, 0.05) is 12.1 Å². The predicted octanol–water partition coefficient (Wildman–Crippen LogP) is 1.96. The van der Waals surface area contributed by atoms with Crippen molar-refractivity contribution in [3.63, 3.8) is 0 Å². The lowest BCUT2D eigenvalue weighted by molar-refractivity contribution is -0.144. The number of benzene rings is 1. The van der Waals surface area contributed by atoms with E-state index >= 15 is 0 Å². The third-order valence-electron chi connectivity index (χ3n) is 2.14. The maximum atomic E-state index is 12.1. The second-order valence-electron chi connectivity index (χ2n) is 3.90. The number of nitrogens with two attached hydrogens (primary N) is 1. The first-order valence-electron chi connectivity index (χ1n) is 4.96. The molecule has 1 rings (SSSR count). The van der Waals surface area contributed by atoms with Crippen LogP contribution in [0.3, 0.4) is 0 Å². The first-order chi connectivity index (χ1) is 7.78. The monoisotopic (exact) mass is 245 g/mol. The van der Waals surface area contributed by atoms with E-state index in [0.717, 1.165) is 0 Å². The molecule has 0 atom stereocenters. The lowest BCUT2D eigenvalue weighted by Gasteiger charge is -2.18.